The molecule has 2 rings (SSSR count). The van der Waals surface area contributed by atoms with Gasteiger partial charge in [-0.25, -0.2) is 4.79 Å². The minimum Gasteiger partial charge on any atom is -0.442 e. The van der Waals surface area contributed by atoms with Crippen LogP contribution in [0.25, 0.3) is 6.08 Å². The molecule has 0 spiro atoms. The molecule has 0 bridgehead atoms. The fourth-order valence-corrected chi connectivity index (χ4v) is 2.00. The first-order chi connectivity index (χ1) is 10.1. The highest BCUT2D eigenvalue weighted by Crippen LogP contribution is 2.22. The van der Waals surface area contributed by atoms with E-state index < -0.39 is 6.09 Å². The monoisotopic (exact) mass is 285 g/mol. The third-order valence-corrected chi connectivity index (χ3v) is 3.01. The number of amides is 2. The number of anilines is 1. The molecule has 1 unspecified atom stereocenters. The quantitative estimate of drug-likeness (QED) is 0.853. The molecule has 1 saturated heterocycles. The number of hydrogen-bond donors (Lipinski definition) is 1. The second-order valence-electron chi connectivity index (χ2n) is 4.61. The maximum Gasteiger partial charge on any atom is 0.414 e. The number of hydrogen-bond acceptors (Lipinski definition) is 4. The summed E-state index contributed by atoms with van der Waals surface area (Å²) < 4.78 is 5.19. The lowest BCUT2D eigenvalue weighted by Gasteiger charge is -2.13. The van der Waals surface area contributed by atoms with Crippen LogP contribution in [-0.4, -0.2) is 31.2 Å². The standard InChI is InChI=1S/C15H15N3O3/c1-11(19)17-9-14-10-18(15(20)21-14)13-6-4-12(5-7-13)3-2-8-16/h2-7,14H,9-10H2,1H3,(H,17,19). The molecule has 108 valence electrons. The Kier molecular flexibility index (Phi) is 4.57. The maximum atomic E-state index is 11.8. The van der Waals surface area contributed by atoms with Crippen molar-refractivity contribution in [2.45, 2.75) is 13.0 Å². The van der Waals surface area contributed by atoms with E-state index in [4.69, 9.17) is 10.00 Å². The first kappa shape index (κ1) is 14.6. The van der Waals surface area contributed by atoms with Gasteiger partial charge < -0.3 is 10.1 Å². The number of carbonyl (C=O) groups excluding carboxylic acids is 2. The third-order valence-electron chi connectivity index (χ3n) is 3.01. The van der Waals surface area contributed by atoms with E-state index in [2.05, 4.69) is 5.32 Å². The number of ether oxygens (including phenoxy) is 1. The number of nitriles is 1. The molecule has 1 aliphatic heterocycles. The molecule has 0 aliphatic carbocycles. The fraction of sp³-hybridized carbons (Fsp3) is 0.267. The lowest BCUT2D eigenvalue weighted by Crippen LogP contribution is -2.33. The molecule has 1 atom stereocenters. The van der Waals surface area contributed by atoms with E-state index in [1.54, 1.807) is 18.2 Å². The van der Waals surface area contributed by atoms with E-state index in [0.717, 1.165) is 11.3 Å². The molecule has 1 aromatic carbocycles. The van der Waals surface area contributed by atoms with E-state index in [0.29, 0.717) is 13.1 Å². The molecule has 0 radical (unpaired) electrons. The summed E-state index contributed by atoms with van der Waals surface area (Å²) in [6.07, 6.45) is 2.30. The molecule has 6 heteroatoms. The van der Waals surface area contributed by atoms with E-state index >= 15 is 0 Å². The van der Waals surface area contributed by atoms with Crippen molar-refractivity contribution in [3.63, 3.8) is 0 Å². The van der Waals surface area contributed by atoms with Gasteiger partial charge in [0.2, 0.25) is 5.91 Å². The Morgan fingerprint density at radius 1 is 1.52 bits per heavy atom. The summed E-state index contributed by atoms with van der Waals surface area (Å²) in [5, 5.41) is 11.1. The van der Waals surface area contributed by atoms with Gasteiger partial charge in [-0.2, -0.15) is 5.26 Å². The third kappa shape index (κ3) is 3.83. The predicted octanol–water partition coefficient (Wildman–Crippen LogP) is 1.68. The Bertz CT molecular complexity index is 602. The Balaban J connectivity index is 2.01. The van der Waals surface area contributed by atoms with Gasteiger partial charge in [0, 0.05) is 18.7 Å². The summed E-state index contributed by atoms with van der Waals surface area (Å²) in [6, 6.07) is 9.14. The van der Waals surface area contributed by atoms with Gasteiger partial charge in [0.15, 0.2) is 0 Å². The van der Waals surface area contributed by atoms with Crippen LogP contribution >= 0.6 is 0 Å². The zero-order valence-electron chi connectivity index (χ0n) is 11.6. The van der Waals surface area contributed by atoms with Gasteiger partial charge >= 0.3 is 6.09 Å². The SMILES string of the molecule is CC(=O)NCC1CN(c2ccc(C=CC#N)cc2)C(=O)O1. The number of cyclic esters (lactones) is 1. The smallest absolute Gasteiger partial charge is 0.414 e. The van der Waals surface area contributed by atoms with Gasteiger partial charge in [-0.05, 0) is 23.8 Å². The van der Waals surface area contributed by atoms with Crippen LogP contribution in [0, 0.1) is 11.3 Å². The summed E-state index contributed by atoms with van der Waals surface area (Å²) in [6.45, 7) is 2.12. The minimum absolute atomic E-state index is 0.155. The topological polar surface area (TPSA) is 82.4 Å². The molecule has 0 saturated carbocycles. The average molecular weight is 285 g/mol. The molecule has 1 fully saturated rings. The second kappa shape index (κ2) is 6.57. The second-order valence-corrected chi connectivity index (χ2v) is 4.61. The molecule has 6 nitrogen and oxygen atoms in total. The zero-order valence-corrected chi connectivity index (χ0v) is 11.6. The van der Waals surface area contributed by atoms with Crippen LogP contribution in [0.1, 0.15) is 12.5 Å². The van der Waals surface area contributed by atoms with Crippen LogP contribution in [0.15, 0.2) is 30.3 Å². The molecule has 21 heavy (non-hydrogen) atoms. The van der Waals surface area contributed by atoms with Gasteiger partial charge in [-0.15, -0.1) is 0 Å². The number of nitrogens with one attached hydrogen (secondary N) is 1. The molecule has 0 aromatic heterocycles. The van der Waals surface area contributed by atoms with Crippen molar-refractivity contribution in [1.82, 2.24) is 5.32 Å². The van der Waals surface area contributed by atoms with Crippen molar-refractivity contribution in [2.24, 2.45) is 0 Å². The highest BCUT2D eigenvalue weighted by molar-refractivity contribution is 5.90. The molecule has 1 aliphatic rings. The lowest BCUT2D eigenvalue weighted by atomic mass is 10.2. The fourth-order valence-electron chi connectivity index (χ4n) is 2.00. The van der Waals surface area contributed by atoms with E-state index in [9.17, 15) is 9.59 Å². The Hall–Kier alpha value is -2.81. The maximum absolute atomic E-state index is 11.8. The highest BCUT2D eigenvalue weighted by Gasteiger charge is 2.32. The molecule has 2 amide bonds. The summed E-state index contributed by atoms with van der Waals surface area (Å²) in [5.74, 6) is -0.155. The number of carbonyl (C=O) groups is 2. The van der Waals surface area contributed by atoms with E-state index in [1.165, 1.54) is 17.9 Å². The summed E-state index contributed by atoms with van der Waals surface area (Å²) in [7, 11) is 0. The van der Waals surface area contributed by atoms with Gasteiger partial charge in [-0.3, -0.25) is 9.69 Å². The first-order valence-electron chi connectivity index (χ1n) is 6.49. The Morgan fingerprint density at radius 3 is 2.86 bits per heavy atom. The van der Waals surface area contributed by atoms with Gasteiger partial charge in [0.1, 0.15) is 6.10 Å². The zero-order chi connectivity index (χ0) is 15.2. The molecule has 1 aromatic rings. The predicted molar refractivity (Wildman–Crippen MR) is 77.4 cm³/mol. The Morgan fingerprint density at radius 2 is 2.24 bits per heavy atom. The first-order valence-corrected chi connectivity index (χ1v) is 6.49. The average Bonchev–Trinajstić information content (AvgIpc) is 2.84. The lowest BCUT2D eigenvalue weighted by molar-refractivity contribution is -0.119. The number of allylic oxidation sites excluding steroid dienone is 1. The molecule has 1 heterocycles. The van der Waals surface area contributed by atoms with Crippen molar-refractivity contribution >= 4 is 23.8 Å². The van der Waals surface area contributed by atoms with Crippen molar-refractivity contribution in [3.05, 3.63) is 35.9 Å². The summed E-state index contributed by atoms with van der Waals surface area (Å²) in [4.78, 5) is 24.2. The number of nitrogens with zero attached hydrogens (tertiary/aromatic N) is 2. The van der Waals surface area contributed by atoms with Crippen LogP contribution in [0.4, 0.5) is 10.5 Å². The van der Waals surface area contributed by atoms with Crippen molar-refractivity contribution in [2.75, 3.05) is 18.0 Å². The highest BCUT2D eigenvalue weighted by atomic mass is 16.6. The van der Waals surface area contributed by atoms with Crippen LogP contribution in [0.5, 0.6) is 0 Å². The normalized spacial score (nSPS) is 17.6. The van der Waals surface area contributed by atoms with Gasteiger partial charge in [0.05, 0.1) is 19.2 Å². The van der Waals surface area contributed by atoms with E-state index in [1.807, 2.05) is 18.2 Å². The molecular weight excluding hydrogens is 270 g/mol. The number of rotatable bonds is 4. The minimum atomic E-state index is -0.425. The van der Waals surface area contributed by atoms with Crippen LogP contribution in [0.2, 0.25) is 0 Å². The van der Waals surface area contributed by atoms with E-state index in [-0.39, 0.29) is 12.0 Å². The largest absolute Gasteiger partial charge is 0.442 e. The van der Waals surface area contributed by atoms with Crippen molar-refractivity contribution in [1.29, 1.82) is 5.26 Å². The van der Waals surface area contributed by atoms with Crippen LogP contribution in [0.3, 0.4) is 0 Å². The Labute approximate surface area is 122 Å². The number of benzene rings is 1. The summed E-state index contributed by atoms with van der Waals surface area (Å²) in [5.41, 5.74) is 1.60. The van der Waals surface area contributed by atoms with Gasteiger partial charge in [0.25, 0.3) is 0 Å². The van der Waals surface area contributed by atoms with Crippen molar-refractivity contribution < 1.29 is 14.3 Å². The van der Waals surface area contributed by atoms with Crippen molar-refractivity contribution in [3.8, 4) is 6.07 Å². The van der Waals surface area contributed by atoms with Gasteiger partial charge in [-0.1, -0.05) is 12.1 Å². The molecular formula is C15H15N3O3. The summed E-state index contributed by atoms with van der Waals surface area (Å²) >= 11 is 0. The van der Waals surface area contributed by atoms with Crippen LogP contribution < -0.4 is 10.2 Å². The molecule has 1 N–H and O–H groups in total. The van der Waals surface area contributed by atoms with Crippen LogP contribution in [-0.2, 0) is 9.53 Å².